The van der Waals surface area contributed by atoms with Crippen molar-refractivity contribution in [1.82, 2.24) is 15.6 Å². The highest BCUT2D eigenvalue weighted by atomic mass is 16.2. The van der Waals surface area contributed by atoms with Crippen LogP contribution in [0.25, 0.3) is 10.9 Å². The lowest BCUT2D eigenvalue weighted by Crippen LogP contribution is -2.34. The van der Waals surface area contributed by atoms with Crippen molar-refractivity contribution in [3.8, 4) is 0 Å². The van der Waals surface area contributed by atoms with Gasteiger partial charge in [-0.1, -0.05) is 12.1 Å². The molecule has 2 rings (SSSR count). The number of carbonyl (C=O) groups excluding carboxylic acids is 2. The van der Waals surface area contributed by atoms with Crippen LogP contribution in [0.5, 0.6) is 0 Å². The zero-order chi connectivity index (χ0) is 15.4. The molecule has 0 spiro atoms. The van der Waals surface area contributed by atoms with Crippen molar-refractivity contribution in [2.24, 2.45) is 0 Å². The third-order valence-corrected chi connectivity index (χ3v) is 3.02. The molecule has 0 saturated heterocycles. The predicted molar refractivity (Wildman–Crippen MR) is 82.9 cm³/mol. The van der Waals surface area contributed by atoms with Gasteiger partial charge in [-0.3, -0.25) is 9.59 Å². The Bertz CT molecular complexity index is 661. The molecular formula is C15H20N4O2. The van der Waals surface area contributed by atoms with Crippen molar-refractivity contribution in [2.75, 3.05) is 12.3 Å². The van der Waals surface area contributed by atoms with Crippen molar-refractivity contribution in [2.45, 2.75) is 26.3 Å². The van der Waals surface area contributed by atoms with E-state index in [1.165, 1.54) is 0 Å². The maximum absolute atomic E-state index is 12.0. The Morgan fingerprint density at radius 2 is 2.10 bits per heavy atom. The van der Waals surface area contributed by atoms with Crippen LogP contribution >= 0.6 is 0 Å². The minimum Gasteiger partial charge on any atom is -0.397 e. The van der Waals surface area contributed by atoms with E-state index in [1.807, 2.05) is 26.0 Å². The Morgan fingerprint density at radius 1 is 1.33 bits per heavy atom. The van der Waals surface area contributed by atoms with E-state index in [0.29, 0.717) is 17.9 Å². The van der Waals surface area contributed by atoms with Crippen LogP contribution in [0.1, 0.15) is 30.8 Å². The summed E-state index contributed by atoms with van der Waals surface area (Å²) in [6.45, 7) is 4.08. The molecule has 2 amide bonds. The second-order valence-electron chi connectivity index (χ2n) is 5.22. The Morgan fingerprint density at radius 3 is 2.76 bits per heavy atom. The first-order valence-electron chi connectivity index (χ1n) is 6.92. The standard InChI is InChI=1S/C15H20N4O2/c1-9(2)18-13(20)6-7-17-15(21)12-8-10-4-3-5-11(16)14(10)19-12/h3-5,8-9,19H,6-7,16H2,1-2H3,(H,17,21)(H,18,20). The first kappa shape index (κ1) is 14.9. The molecule has 0 saturated carbocycles. The number of amides is 2. The van der Waals surface area contributed by atoms with E-state index in [2.05, 4.69) is 15.6 Å². The minimum atomic E-state index is -0.247. The highest BCUT2D eigenvalue weighted by Gasteiger charge is 2.11. The van der Waals surface area contributed by atoms with Gasteiger partial charge < -0.3 is 21.4 Å². The van der Waals surface area contributed by atoms with Gasteiger partial charge in [-0.05, 0) is 26.0 Å². The molecule has 1 aromatic heterocycles. The molecule has 0 unspecified atom stereocenters. The minimum absolute atomic E-state index is 0.0776. The molecule has 0 fully saturated rings. The number of nitrogens with two attached hydrogens (primary N) is 1. The summed E-state index contributed by atoms with van der Waals surface area (Å²) in [4.78, 5) is 26.5. The summed E-state index contributed by atoms with van der Waals surface area (Å²) in [5.41, 5.74) is 7.63. The molecule has 1 heterocycles. The topological polar surface area (TPSA) is 100 Å². The summed E-state index contributed by atoms with van der Waals surface area (Å²) in [7, 11) is 0. The predicted octanol–water partition coefficient (Wildman–Crippen LogP) is 1.39. The molecule has 0 aliphatic carbocycles. The number of hydrogen-bond donors (Lipinski definition) is 4. The quantitative estimate of drug-likeness (QED) is 0.626. The number of aromatic amines is 1. The van der Waals surface area contributed by atoms with Gasteiger partial charge in [0.05, 0.1) is 11.2 Å². The molecule has 0 radical (unpaired) electrons. The first-order valence-corrected chi connectivity index (χ1v) is 6.92. The Hall–Kier alpha value is -2.50. The molecule has 0 atom stereocenters. The zero-order valence-corrected chi connectivity index (χ0v) is 12.2. The number of nitrogen functional groups attached to an aromatic ring is 1. The summed E-state index contributed by atoms with van der Waals surface area (Å²) in [6.07, 6.45) is 0.256. The lowest BCUT2D eigenvalue weighted by molar-refractivity contribution is -0.121. The SMILES string of the molecule is CC(C)NC(=O)CCNC(=O)c1cc2cccc(N)c2[nH]1. The van der Waals surface area contributed by atoms with E-state index >= 15 is 0 Å². The molecule has 21 heavy (non-hydrogen) atoms. The normalized spacial score (nSPS) is 10.8. The Kier molecular flexibility index (Phi) is 4.47. The van der Waals surface area contributed by atoms with Crippen molar-refractivity contribution in [3.63, 3.8) is 0 Å². The van der Waals surface area contributed by atoms with Crippen LogP contribution in [0.15, 0.2) is 24.3 Å². The van der Waals surface area contributed by atoms with Crippen LogP contribution in [-0.2, 0) is 4.79 Å². The molecule has 0 aliphatic heterocycles. The Balaban J connectivity index is 1.93. The summed E-state index contributed by atoms with van der Waals surface area (Å²) in [6, 6.07) is 7.34. The molecule has 6 nitrogen and oxygen atoms in total. The summed E-state index contributed by atoms with van der Waals surface area (Å²) in [5.74, 6) is -0.325. The fourth-order valence-corrected chi connectivity index (χ4v) is 2.08. The molecule has 0 bridgehead atoms. The van der Waals surface area contributed by atoms with Gasteiger partial charge in [0.25, 0.3) is 5.91 Å². The number of rotatable bonds is 5. The molecule has 112 valence electrons. The van der Waals surface area contributed by atoms with Gasteiger partial charge in [0.2, 0.25) is 5.91 Å². The van der Waals surface area contributed by atoms with Gasteiger partial charge in [-0.25, -0.2) is 0 Å². The van der Waals surface area contributed by atoms with Crippen LogP contribution in [0.3, 0.4) is 0 Å². The lowest BCUT2D eigenvalue weighted by Gasteiger charge is -2.08. The van der Waals surface area contributed by atoms with Crippen LogP contribution in [0, 0.1) is 0 Å². The number of benzene rings is 1. The van der Waals surface area contributed by atoms with Crippen LogP contribution in [-0.4, -0.2) is 29.4 Å². The number of para-hydroxylation sites is 1. The molecule has 1 aromatic carbocycles. The number of H-pyrrole nitrogens is 1. The maximum atomic E-state index is 12.0. The Labute approximate surface area is 123 Å². The fraction of sp³-hybridized carbons (Fsp3) is 0.333. The van der Waals surface area contributed by atoms with E-state index in [4.69, 9.17) is 5.73 Å². The van der Waals surface area contributed by atoms with Crippen molar-refractivity contribution in [3.05, 3.63) is 30.0 Å². The summed E-state index contributed by atoms with van der Waals surface area (Å²) >= 11 is 0. The van der Waals surface area contributed by atoms with Gasteiger partial charge in [0, 0.05) is 24.4 Å². The highest BCUT2D eigenvalue weighted by Crippen LogP contribution is 2.20. The number of fused-ring (bicyclic) bond motifs is 1. The number of aromatic nitrogens is 1. The number of carbonyl (C=O) groups is 2. The third kappa shape index (κ3) is 3.75. The van der Waals surface area contributed by atoms with Gasteiger partial charge in [0.15, 0.2) is 0 Å². The second kappa shape index (κ2) is 6.30. The fourth-order valence-electron chi connectivity index (χ4n) is 2.08. The number of hydrogen-bond acceptors (Lipinski definition) is 3. The van der Waals surface area contributed by atoms with Gasteiger partial charge in [-0.2, -0.15) is 0 Å². The van der Waals surface area contributed by atoms with Crippen LogP contribution < -0.4 is 16.4 Å². The average molecular weight is 288 g/mol. The number of anilines is 1. The van der Waals surface area contributed by atoms with Gasteiger partial charge in [0.1, 0.15) is 5.69 Å². The second-order valence-corrected chi connectivity index (χ2v) is 5.22. The van der Waals surface area contributed by atoms with Crippen LogP contribution in [0.2, 0.25) is 0 Å². The molecule has 2 aromatic rings. The summed E-state index contributed by atoms with van der Waals surface area (Å²) < 4.78 is 0. The van der Waals surface area contributed by atoms with E-state index in [9.17, 15) is 9.59 Å². The number of nitrogens with one attached hydrogen (secondary N) is 3. The molecular weight excluding hydrogens is 268 g/mol. The van der Waals surface area contributed by atoms with Crippen molar-refractivity contribution < 1.29 is 9.59 Å². The van der Waals surface area contributed by atoms with Crippen molar-refractivity contribution >= 4 is 28.4 Å². The maximum Gasteiger partial charge on any atom is 0.267 e. The molecule has 5 N–H and O–H groups in total. The van der Waals surface area contributed by atoms with Gasteiger partial charge in [-0.15, -0.1) is 0 Å². The smallest absolute Gasteiger partial charge is 0.267 e. The molecule has 6 heteroatoms. The van der Waals surface area contributed by atoms with E-state index < -0.39 is 0 Å². The average Bonchev–Trinajstić information content (AvgIpc) is 2.83. The van der Waals surface area contributed by atoms with Crippen molar-refractivity contribution in [1.29, 1.82) is 0 Å². The van der Waals surface area contributed by atoms with E-state index in [0.717, 1.165) is 10.9 Å². The van der Waals surface area contributed by atoms with Crippen LogP contribution in [0.4, 0.5) is 5.69 Å². The van der Waals surface area contributed by atoms with E-state index in [-0.39, 0.29) is 24.3 Å². The zero-order valence-electron chi connectivity index (χ0n) is 12.2. The van der Waals surface area contributed by atoms with E-state index in [1.54, 1.807) is 12.1 Å². The summed E-state index contributed by atoms with van der Waals surface area (Å²) in [5, 5.41) is 6.37. The lowest BCUT2D eigenvalue weighted by atomic mass is 10.2. The first-order chi connectivity index (χ1) is 9.97. The largest absolute Gasteiger partial charge is 0.397 e. The monoisotopic (exact) mass is 288 g/mol. The third-order valence-electron chi connectivity index (χ3n) is 3.02. The highest BCUT2D eigenvalue weighted by molar-refractivity contribution is 6.00. The molecule has 0 aliphatic rings. The van der Waals surface area contributed by atoms with Gasteiger partial charge >= 0.3 is 0 Å².